The number of anilines is 1. The van der Waals surface area contributed by atoms with Gasteiger partial charge in [-0.15, -0.1) is 24.9 Å². The third kappa shape index (κ3) is 8.05. The summed E-state index contributed by atoms with van der Waals surface area (Å²) in [6.45, 7) is 11.6. The Morgan fingerprint density at radius 3 is 2.19 bits per heavy atom. The number of thioether (sulfide) groups is 1. The van der Waals surface area contributed by atoms with Crippen LogP contribution in [0.5, 0.6) is 5.75 Å². The van der Waals surface area contributed by atoms with Crippen molar-refractivity contribution in [2.45, 2.75) is 82.0 Å². The molecule has 6 nitrogen and oxygen atoms in total. The number of amides is 2. The van der Waals surface area contributed by atoms with E-state index < -0.39 is 16.7 Å². The van der Waals surface area contributed by atoms with Gasteiger partial charge in [0.2, 0.25) is 0 Å². The predicted octanol–water partition coefficient (Wildman–Crippen LogP) is 6.82. The van der Waals surface area contributed by atoms with Gasteiger partial charge in [0.15, 0.2) is 0 Å². The van der Waals surface area contributed by atoms with E-state index >= 15 is 0 Å². The molecule has 0 fully saturated rings. The van der Waals surface area contributed by atoms with Crippen LogP contribution in [0, 0.1) is 0 Å². The Labute approximate surface area is 219 Å². The van der Waals surface area contributed by atoms with Crippen molar-refractivity contribution < 1.29 is 32.2 Å². The molecule has 0 radical (unpaired) electrons. The van der Waals surface area contributed by atoms with E-state index in [0.29, 0.717) is 25.1 Å². The number of benzene rings is 2. The average molecular weight is 539 g/mol. The second kappa shape index (κ2) is 10.8. The fraction of sp³-hybridized carbons (Fsp3) is 0.481. The molecule has 1 N–H and O–H groups in total. The Balaban J connectivity index is 1.64. The van der Waals surface area contributed by atoms with Gasteiger partial charge in [0.05, 0.1) is 0 Å². The van der Waals surface area contributed by atoms with Crippen LogP contribution in [0.2, 0.25) is 0 Å². The van der Waals surface area contributed by atoms with Gasteiger partial charge in [-0.2, -0.15) is 0 Å². The van der Waals surface area contributed by atoms with Crippen molar-refractivity contribution in [3.63, 3.8) is 0 Å². The number of nitrogens with zero attached hydrogens (tertiary/aromatic N) is 1. The molecule has 37 heavy (non-hydrogen) atoms. The number of rotatable bonds is 7. The van der Waals surface area contributed by atoms with Crippen molar-refractivity contribution in [1.82, 2.24) is 4.90 Å². The van der Waals surface area contributed by atoms with E-state index in [0.717, 1.165) is 28.2 Å². The molecule has 202 valence electrons. The molecule has 0 aromatic heterocycles. The summed E-state index contributed by atoms with van der Waals surface area (Å²) in [4.78, 5) is 28.3. The highest BCUT2D eigenvalue weighted by Gasteiger charge is 2.35. The molecule has 0 saturated carbocycles. The number of nitrogens with one attached hydrogen (secondary N) is 1. The van der Waals surface area contributed by atoms with Crippen LogP contribution in [-0.4, -0.2) is 46.2 Å². The van der Waals surface area contributed by atoms with Crippen molar-refractivity contribution in [3.05, 3.63) is 53.6 Å². The Kier molecular flexibility index (Phi) is 8.41. The van der Waals surface area contributed by atoms with Crippen molar-refractivity contribution in [2.75, 3.05) is 11.9 Å². The van der Waals surface area contributed by atoms with Gasteiger partial charge < -0.3 is 19.7 Å². The third-order valence-electron chi connectivity index (χ3n) is 5.73. The normalized spacial score (nSPS) is 15.6. The Morgan fingerprint density at radius 1 is 1.00 bits per heavy atom. The maximum absolute atomic E-state index is 13.0. The molecule has 2 amide bonds. The quantitative estimate of drug-likeness (QED) is 0.310. The summed E-state index contributed by atoms with van der Waals surface area (Å²) in [5.74, 6) is -0.636. The Morgan fingerprint density at radius 2 is 1.62 bits per heavy atom. The van der Waals surface area contributed by atoms with Crippen molar-refractivity contribution in [2.24, 2.45) is 0 Å². The van der Waals surface area contributed by atoms with Gasteiger partial charge in [0, 0.05) is 23.2 Å². The molecule has 0 spiro atoms. The predicted molar refractivity (Wildman–Crippen MR) is 138 cm³/mol. The van der Waals surface area contributed by atoms with Crippen LogP contribution in [0.3, 0.4) is 0 Å². The maximum Gasteiger partial charge on any atom is 0.573 e. The van der Waals surface area contributed by atoms with Gasteiger partial charge in [-0.1, -0.05) is 6.07 Å². The molecule has 10 heteroatoms. The number of likely N-dealkylation sites (N-methyl/N-ethyl adjacent to an activating group) is 1. The molecule has 2 aromatic rings. The second-order valence-electron chi connectivity index (χ2n) is 10.4. The number of urea groups is 1. The highest BCUT2D eigenvalue weighted by atomic mass is 32.2. The van der Waals surface area contributed by atoms with Crippen LogP contribution in [0.15, 0.2) is 47.4 Å². The van der Waals surface area contributed by atoms with Gasteiger partial charge in [0.25, 0.3) is 0 Å². The molecule has 1 aliphatic carbocycles. The first-order valence-electron chi connectivity index (χ1n) is 12.0. The lowest BCUT2D eigenvalue weighted by Gasteiger charge is -2.28. The molecule has 0 heterocycles. The first-order valence-corrected chi connectivity index (χ1v) is 12.9. The minimum Gasteiger partial charge on any atom is -0.459 e. The van der Waals surface area contributed by atoms with Crippen LogP contribution in [0.25, 0.3) is 0 Å². The molecular weight excluding hydrogens is 505 g/mol. The van der Waals surface area contributed by atoms with Crippen molar-refractivity contribution in [1.29, 1.82) is 0 Å². The molecular formula is C27H33F3N2O4S. The standard InChI is InChI=1S/C27H33F3N2O4S/c1-7-32(24(34)31-19-9-11-21(12-10-19)35-27(28,29)30)20-14-17-8-13-22(16-18(17)15-20)37-26(5,6)23(33)36-25(2,3)4/h8-13,16,20H,7,14-15H2,1-6H3,(H,31,34). The third-order valence-corrected chi connectivity index (χ3v) is 6.90. The maximum atomic E-state index is 13.0. The topological polar surface area (TPSA) is 67.9 Å². The number of alkyl halides is 3. The summed E-state index contributed by atoms with van der Waals surface area (Å²) < 4.78 is 45.8. The SMILES string of the molecule is CCN(C(=O)Nc1ccc(OC(F)(F)F)cc1)C1Cc2ccc(SC(C)(C)C(=O)OC(C)(C)C)cc2C1. The highest BCUT2D eigenvalue weighted by Crippen LogP contribution is 2.37. The summed E-state index contributed by atoms with van der Waals surface area (Å²) in [5.41, 5.74) is 2.07. The average Bonchev–Trinajstić information content (AvgIpc) is 3.16. The molecule has 1 aliphatic rings. The van der Waals surface area contributed by atoms with Crippen LogP contribution in [0.1, 0.15) is 52.7 Å². The first-order chi connectivity index (χ1) is 17.1. The zero-order valence-electron chi connectivity index (χ0n) is 21.9. The van der Waals surface area contributed by atoms with Gasteiger partial charge in [-0.05, 0) is 102 Å². The molecule has 0 bridgehead atoms. The van der Waals surface area contributed by atoms with Crippen LogP contribution < -0.4 is 10.1 Å². The smallest absolute Gasteiger partial charge is 0.459 e. The lowest BCUT2D eigenvalue weighted by molar-refractivity contribution is -0.274. The molecule has 1 unspecified atom stereocenters. The van der Waals surface area contributed by atoms with E-state index in [2.05, 4.69) is 16.1 Å². The van der Waals surface area contributed by atoms with Gasteiger partial charge >= 0.3 is 18.4 Å². The number of esters is 1. The van der Waals surface area contributed by atoms with E-state index in [9.17, 15) is 22.8 Å². The zero-order valence-corrected chi connectivity index (χ0v) is 22.7. The number of ether oxygens (including phenoxy) is 2. The van der Waals surface area contributed by atoms with Crippen molar-refractivity contribution in [3.8, 4) is 5.75 Å². The number of carbonyl (C=O) groups is 2. The van der Waals surface area contributed by atoms with Gasteiger partial charge in [-0.25, -0.2) is 4.79 Å². The number of halogens is 3. The first kappa shape index (κ1) is 28.7. The molecule has 0 aliphatic heterocycles. The summed E-state index contributed by atoms with van der Waals surface area (Å²) in [5, 5.41) is 2.75. The zero-order chi connectivity index (χ0) is 27.6. The number of hydrogen-bond donors (Lipinski definition) is 1. The van der Waals surface area contributed by atoms with E-state index in [1.54, 1.807) is 4.90 Å². The Hall–Kier alpha value is -2.88. The van der Waals surface area contributed by atoms with Crippen LogP contribution >= 0.6 is 11.8 Å². The van der Waals surface area contributed by atoms with Crippen LogP contribution in [0.4, 0.5) is 23.7 Å². The Bertz CT molecular complexity index is 1130. The van der Waals surface area contributed by atoms with Gasteiger partial charge in [-0.3, -0.25) is 4.79 Å². The summed E-state index contributed by atoms with van der Waals surface area (Å²) in [6.07, 6.45) is -3.42. The highest BCUT2D eigenvalue weighted by molar-refractivity contribution is 8.01. The molecule has 3 rings (SSSR count). The largest absolute Gasteiger partial charge is 0.573 e. The number of carbonyl (C=O) groups excluding carboxylic acids is 2. The fourth-order valence-electron chi connectivity index (χ4n) is 4.10. The summed E-state index contributed by atoms with van der Waals surface area (Å²) >= 11 is 1.44. The lowest BCUT2D eigenvalue weighted by Crippen LogP contribution is -2.43. The number of fused-ring (bicyclic) bond motifs is 1. The van der Waals surface area contributed by atoms with E-state index in [1.807, 2.05) is 53.7 Å². The summed E-state index contributed by atoms with van der Waals surface area (Å²) in [6, 6.07) is 10.7. The molecule has 0 saturated heterocycles. The summed E-state index contributed by atoms with van der Waals surface area (Å²) in [7, 11) is 0. The number of hydrogen-bond acceptors (Lipinski definition) is 5. The van der Waals surface area contributed by atoms with Gasteiger partial charge in [0.1, 0.15) is 16.1 Å². The fourth-order valence-corrected chi connectivity index (χ4v) is 5.15. The molecule has 1 atom stereocenters. The monoisotopic (exact) mass is 538 g/mol. The van der Waals surface area contributed by atoms with Crippen LogP contribution in [-0.2, 0) is 22.4 Å². The van der Waals surface area contributed by atoms with E-state index in [-0.39, 0.29) is 23.8 Å². The second-order valence-corrected chi connectivity index (χ2v) is 12.1. The van der Waals surface area contributed by atoms with Crippen molar-refractivity contribution >= 4 is 29.4 Å². The molecule has 2 aromatic carbocycles. The van der Waals surface area contributed by atoms with E-state index in [1.165, 1.54) is 23.9 Å². The lowest BCUT2D eigenvalue weighted by atomic mass is 10.1. The van der Waals surface area contributed by atoms with E-state index in [4.69, 9.17) is 4.74 Å². The minimum absolute atomic E-state index is 0.0630. The minimum atomic E-state index is -4.77.